The fourth-order valence-electron chi connectivity index (χ4n) is 5.73. The fourth-order valence-corrected chi connectivity index (χ4v) is 6.28. The smallest absolute Gasteiger partial charge is 0.255 e. The van der Waals surface area contributed by atoms with Gasteiger partial charge in [0.1, 0.15) is 0 Å². The molecule has 4 N–H and O–H groups in total. The van der Waals surface area contributed by atoms with E-state index in [-0.39, 0.29) is 22.8 Å². The molecule has 2 aliphatic heterocycles. The van der Waals surface area contributed by atoms with Crippen molar-refractivity contribution in [3.8, 4) is 5.75 Å². The third kappa shape index (κ3) is 7.10. The zero-order chi connectivity index (χ0) is 32.7. The van der Waals surface area contributed by atoms with Gasteiger partial charge in [-0.05, 0) is 87.6 Å². The Balaban J connectivity index is 1.41. The topological polar surface area (TPSA) is 133 Å². The number of hydrogen-bond donors (Lipinski definition) is 4. The summed E-state index contributed by atoms with van der Waals surface area (Å²) in [6.07, 6.45) is 7.09. The lowest BCUT2D eigenvalue weighted by Crippen LogP contribution is -2.36. The number of carbonyl (C=O) groups excluding carboxylic acids is 1. The SMILES string of the molecule is COc1c(NC(=O)c2ccc(C)c(N3C=C(c4cnn(C5CCN(C)CC5)c4C)NN3)c2)cc(C(C)(C)C)cc1NS(C)(=O)=O. The lowest BCUT2D eigenvalue weighted by atomic mass is 9.86. The van der Waals surface area contributed by atoms with Crippen LogP contribution in [0.1, 0.15) is 72.4 Å². The fraction of sp³-hybridized carbons (Fsp3) is 0.438. The second-order valence-corrected chi connectivity index (χ2v) is 14.7. The first-order valence-corrected chi connectivity index (χ1v) is 16.9. The van der Waals surface area contributed by atoms with Gasteiger partial charge in [-0.2, -0.15) is 5.10 Å². The summed E-state index contributed by atoms with van der Waals surface area (Å²) in [7, 11) is -0.00286. The summed E-state index contributed by atoms with van der Waals surface area (Å²) < 4.78 is 34.5. The molecule has 0 saturated carbocycles. The van der Waals surface area contributed by atoms with Gasteiger partial charge in [0.15, 0.2) is 5.75 Å². The number of benzene rings is 2. The monoisotopic (exact) mass is 636 g/mol. The lowest BCUT2D eigenvalue weighted by Gasteiger charge is -2.29. The third-order valence-corrected chi connectivity index (χ3v) is 8.96. The first-order chi connectivity index (χ1) is 21.1. The number of likely N-dealkylation sites (tertiary alicyclic amines) is 1. The van der Waals surface area contributed by atoms with Crippen LogP contribution in [0.15, 0.2) is 42.7 Å². The number of methoxy groups -OCH3 is 1. The molecule has 2 aromatic carbocycles. The Morgan fingerprint density at radius 2 is 1.78 bits per heavy atom. The number of aryl methyl sites for hydroxylation is 1. The van der Waals surface area contributed by atoms with Crippen LogP contribution in [0.2, 0.25) is 0 Å². The van der Waals surface area contributed by atoms with Crippen molar-refractivity contribution >= 4 is 38.7 Å². The van der Waals surface area contributed by atoms with E-state index in [0.29, 0.717) is 17.3 Å². The summed E-state index contributed by atoms with van der Waals surface area (Å²) in [5, 5.41) is 9.53. The van der Waals surface area contributed by atoms with Gasteiger partial charge in [-0.3, -0.25) is 19.2 Å². The predicted octanol–water partition coefficient (Wildman–Crippen LogP) is 4.52. The van der Waals surface area contributed by atoms with Crippen molar-refractivity contribution in [1.82, 2.24) is 25.6 Å². The van der Waals surface area contributed by atoms with Crippen LogP contribution in [0.4, 0.5) is 17.1 Å². The van der Waals surface area contributed by atoms with Gasteiger partial charge in [-0.1, -0.05) is 26.8 Å². The maximum absolute atomic E-state index is 13.6. The highest BCUT2D eigenvalue weighted by Gasteiger charge is 2.26. The van der Waals surface area contributed by atoms with Gasteiger partial charge in [0, 0.05) is 23.0 Å². The molecule has 1 amide bonds. The van der Waals surface area contributed by atoms with Crippen LogP contribution in [0.5, 0.6) is 5.75 Å². The second kappa shape index (κ2) is 12.4. The Morgan fingerprint density at radius 3 is 2.42 bits per heavy atom. The summed E-state index contributed by atoms with van der Waals surface area (Å²) in [5.41, 5.74) is 12.8. The number of nitrogens with zero attached hydrogens (tertiary/aromatic N) is 4. The van der Waals surface area contributed by atoms with Gasteiger partial charge in [0.2, 0.25) is 10.0 Å². The number of rotatable bonds is 8. The van der Waals surface area contributed by atoms with Gasteiger partial charge in [-0.25, -0.2) is 8.42 Å². The van der Waals surface area contributed by atoms with Crippen LogP contribution in [0, 0.1) is 13.8 Å². The minimum Gasteiger partial charge on any atom is -0.492 e. The molecule has 0 bridgehead atoms. The quantitative estimate of drug-likeness (QED) is 0.282. The summed E-state index contributed by atoms with van der Waals surface area (Å²) in [6, 6.07) is 9.39. The normalized spacial score (nSPS) is 16.4. The minimum absolute atomic E-state index is 0.225. The van der Waals surface area contributed by atoms with Crippen molar-refractivity contribution in [2.45, 2.75) is 58.9 Å². The number of anilines is 3. The van der Waals surface area contributed by atoms with E-state index < -0.39 is 10.0 Å². The second-order valence-electron chi connectivity index (χ2n) is 13.0. The molecule has 12 nitrogen and oxygen atoms in total. The standard InChI is InChI=1S/C32H44N8O4S/c1-20-9-10-22(31(41)34-26-16-23(32(3,4)5)17-27(30(26)44-7)36-45(8,42)43)15-29(20)39-19-28(35-37-39)25-18-33-40(21(25)2)24-11-13-38(6)14-12-24/h9-10,15-19,24,35-37H,11-14H2,1-8H3,(H,34,41). The van der Waals surface area contributed by atoms with Gasteiger partial charge in [0.25, 0.3) is 5.91 Å². The Labute approximate surface area is 265 Å². The molecule has 1 aromatic heterocycles. The molecule has 0 spiro atoms. The van der Waals surface area contributed by atoms with Crippen molar-refractivity contribution in [3.05, 3.63) is 70.7 Å². The number of hydrogen-bond acceptors (Lipinski definition) is 9. The van der Waals surface area contributed by atoms with E-state index in [4.69, 9.17) is 9.84 Å². The number of piperidine rings is 1. The zero-order valence-electron chi connectivity index (χ0n) is 27.3. The average Bonchev–Trinajstić information content (AvgIpc) is 3.59. The zero-order valence-corrected chi connectivity index (χ0v) is 28.1. The molecule has 2 aliphatic rings. The van der Waals surface area contributed by atoms with Crippen LogP contribution in [-0.4, -0.2) is 62.5 Å². The van der Waals surface area contributed by atoms with Crippen molar-refractivity contribution in [2.75, 3.05) is 48.6 Å². The average molecular weight is 637 g/mol. The van der Waals surface area contributed by atoms with Crippen LogP contribution >= 0.6 is 0 Å². The number of nitrogens with one attached hydrogen (secondary N) is 4. The molecular formula is C32H44N8O4S. The highest BCUT2D eigenvalue weighted by Crippen LogP contribution is 2.39. The molecular weight excluding hydrogens is 592 g/mol. The van der Waals surface area contributed by atoms with Crippen LogP contribution in [0.25, 0.3) is 5.70 Å². The minimum atomic E-state index is -3.60. The van der Waals surface area contributed by atoms with E-state index in [1.807, 2.05) is 63.3 Å². The summed E-state index contributed by atoms with van der Waals surface area (Å²) in [6.45, 7) is 12.2. The molecule has 242 valence electrons. The number of sulfonamides is 1. The molecule has 45 heavy (non-hydrogen) atoms. The number of ether oxygens (including phenoxy) is 1. The third-order valence-electron chi connectivity index (χ3n) is 8.37. The molecule has 1 fully saturated rings. The van der Waals surface area contributed by atoms with E-state index in [0.717, 1.165) is 66.0 Å². The first kappa shape index (κ1) is 32.3. The highest BCUT2D eigenvalue weighted by molar-refractivity contribution is 7.92. The number of hydrazine groups is 2. The van der Waals surface area contributed by atoms with Crippen LogP contribution in [-0.2, 0) is 15.4 Å². The van der Waals surface area contributed by atoms with E-state index in [9.17, 15) is 13.2 Å². The molecule has 3 aromatic rings. The Bertz CT molecular complexity index is 1730. The van der Waals surface area contributed by atoms with E-state index >= 15 is 0 Å². The molecule has 5 rings (SSSR count). The van der Waals surface area contributed by atoms with Crippen molar-refractivity contribution in [3.63, 3.8) is 0 Å². The van der Waals surface area contributed by atoms with Gasteiger partial charge >= 0.3 is 0 Å². The molecule has 3 heterocycles. The summed E-state index contributed by atoms with van der Waals surface area (Å²) in [4.78, 5) is 16.0. The molecule has 0 unspecified atom stereocenters. The van der Waals surface area contributed by atoms with Gasteiger partial charge in [0.05, 0.1) is 48.4 Å². The lowest BCUT2D eigenvalue weighted by molar-refractivity contribution is 0.102. The van der Waals surface area contributed by atoms with Crippen LogP contribution < -0.4 is 30.7 Å². The molecule has 0 radical (unpaired) electrons. The van der Waals surface area contributed by atoms with Crippen molar-refractivity contribution in [1.29, 1.82) is 0 Å². The van der Waals surface area contributed by atoms with E-state index in [1.165, 1.54) is 7.11 Å². The van der Waals surface area contributed by atoms with Gasteiger partial charge in [-0.15, -0.1) is 5.53 Å². The van der Waals surface area contributed by atoms with E-state index in [2.05, 4.69) is 44.6 Å². The molecule has 13 heteroatoms. The number of amides is 1. The maximum Gasteiger partial charge on any atom is 0.255 e. The van der Waals surface area contributed by atoms with Crippen molar-refractivity contribution in [2.24, 2.45) is 0 Å². The van der Waals surface area contributed by atoms with Gasteiger partial charge < -0.3 is 20.4 Å². The molecule has 0 atom stereocenters. The predicted molar refractivity (Wildman–Crippen MR) is 179 cm³/mol. The number of aromatic nitrogens is 2. The van der Waals surface area contributed by atoms with E-state index in [1.54, 1.807) is 12.1 Å². The summed E-state index contributed by atoms with van der Waals surface area (Å²) >= 11 is 0. The highest BCUT2D eigenvalue weighted by atomic mass is 32.2. The molecule has 1 saturated heterocycles. The number of carbonyl (C=O) groups is 1. The van der Waals surface area contributed by atoms with Crippen LogP contribution in [0.3, 0.4) is 0 Å². The first-order valence-electron chi connectivity index (χ1n) is 15.0. The Hall–Kier alpha value is -4.07. The summed E-state index contributed by atoms with van der Waals surface area (Å²) in [5.74, 6) is -0.138. The Kier molecular flexibility index (Phi) is 8.89. The van der Waals surface area contributed by atoms with Crippen molar-refractivity contribution < 1.29 is 17.9 Å². The maximum atomic E-state index is 13.6. The molecule has 0 aliphatic carbocycles. The largest absolute Gasteiger partial charge is 0.492 e. The Morgan fingerprint density at radius 1 is 1.09 bits per heavy atom.